The van der Waals surface area contributed by atoms with E-state index < -0.39 is 10.0 Å². The molecule has 0 fully saturated rings. The van der Waals surface area contributed by atoms with Gasteiger partial charge in [0.1, 0.15) is 5.75 Å². The van der Waals surface area contributed by atoms with Gasteiger partial charge in [0.25, 0.3) is 10.0 Å². The van der Waals surface area contributed by atoms with Gasteiger partial charge in [-0.25, -0.2) is 8.42 Å². The minimum Gasteiger partial charge on any atom is -0.495 e. The molecular formula is C11H12ClN3O3S3. The van der Waals surface area contributed by atoms with Crippen molar-refractivity contribution in [2.75, 3.05) is 17.6 Å². The monoisotopic (exact) mass is 365 g/mol. The number of aromatic nitrogens is 2. The first-order chi connectivity index (χ1) is 9.96. The first kappa shape index (κ1) is 16.3. The molecule has 0 aliphatic carbocycles. The van der Waals surface area contributed by atoms with E-state index in [1.54, 1.807) is 0 Å². The molecule has 21 heavy (non-hydrogen) atoms. The van der Waals surface area contributed by atoms with Crippen molar-refractivity contribution in [3.8, 4) is 5.75 Å². The van der Waals surface area contributed by atoms with E-state index in [1.807, 2.05) is 6.92 Å². The second-order valence-electron chi connectivity index (χ2n) is 3.71. The number of hydrogen-bond donors (Lipinski definition) is 1. The second kappa shape index (κ2) is 6.82. The van der Waals surface area contributed by atoms with Crippen LogP contribution in [0.4, 0.5) is 5.13 Å². The molecule has 6 nitrogen and oxygen atoms in total. The van der Waals surface area contributed by atoms with Crippen LogP contribution in [0, 0.1) is 0 Å². The fraction of sp³-hybridized carbons (Fsp3) is 0.273. The number of hydrogen-bond acceptors (Lipinski definition) is 7. The molecule has 0 spiro atoms. The molecule has 10 heteroatoms. The lowest BCUT2D eigenvalue weighted by Gasteiger charge is -2.07. The molecule has 0 amide bonds. The van der Waals surface area contributed by atoms with E-state index in [9.17, 15) is 8.42 Å². The topological polar surface area (TPSA) is 81.2 Å². The lowest BCUT2D eigenvalue weighted by molar-refractivity contribution is 0.414. The van der Waals surface area contributed by atoms with Crippen LogP contribution in [0.1, 0.15) is 6.92 Å². The Bertz CT molecular complexity index is 733. The van der Waals surface area contributed by atoms with Crippen LogP contribution in [0.2, 0.25) is 5.02 Å². The molecular weight excluding hydrogens is 354 g/mol. The average Bonchev–Trinajstić information content (AvgIpc) is 2.85. The maximum atomic E-state index is 12.2. The molecule has 0 atom stereocenters. The van der Waals surface area contributed by atoms with Gasteiger partial charge < -0.3 is 4.74 Å². The molecule has 1 N–H and O–H groups in total. The van der Waals surface area contributed by atoms with Crippen LogP contribution >= 0.6 is 34.7 Å². The highest BCUT2D eigenvalue weighted by Gasteiger charge is 2.18. The van der Waals surface area contributed by atoms with E-state index in [1.165, 1.54) is 48.4 Å². The fourth-order valence-corrected chi connectivity index (χ4v) is 4.65. The van der Waals surface area contributed by atoms with Crippen molar-refractivity contribution in [1.82, 2.24) is 10.2 Å². The Balaban J connectivity index is 2.23. The summed E-state index contributed by atoms with van der Waals surface area (Å²) in [5.41, 5.74) is 0. The zero-order valence-electron chi connectivity index (χ0n) is 11.2. The number of ether oxygens (including phenoxy) is 1. The summed E-state index contributed by atoms with van der Waals surface area (Å²) >= 11 is 8.62. The first-order valence-electron chi connectivity index (χ1n) is 5.79. The van der Waals surface area contributed by atoms with Gasteiger partial charge in [0, 0.05) is 0 Å². The molecule has 2 aromatic rings. The Morgan fingerprint density at radius 1 is 1.43 bits per heavy atom. The SMILES string of the molecule is CCSc1nnc(NS(=O)(=O)c2ccc(OC)c(Cl)c2)s1. The third-order valence-corrected chi connectivity index (χ3v) is 5.94. The summed E-state index contributed by atoms with van der Waals surface area (Å²) < 4.78 is 32.6. The van der Waals surface area contributed by atoms with Gasteiger partial charge in [-0.3, -0.25) is 4.72 Å². The van der Waals surface area contributed by atoms with E-state index in [0.29, 0.717) is 10.1 Å². The molecule has 1 aromatic carbocycles. The maximum Gasteiger partial charge on any atom is 0.263 e. The van der Waals surface area contributed by atoms with Crippen molar-refractivity contribution in [2.24, 2.45) is 0 Å². The number of nitrogens with zero attached hydrogens (tertiary/aromatic N) is 2. The number of nitrogens with one attached hydrogen (secondary N) is 1. The van der Waals surface area contributed by atoms with Crippen LogP contribution in [0.25, 0.3) is 0 Å². The van der Waals surface area contributed by atoms with Gasteiger partial charge in [0.2, 0.25) is 5.13 Å². The van der Waals surface area contributed by atoms with Gasteiger partial charge in [-0.2, -0.15) is 0 Å². The van der Waals surface area contributed by atoms with Crippen molar-refractivity contribution >= 4 is 49.9 Å². The maximum absolute atomic E-state index is 12.2. The van der Waals surface area contributed by atoms with Gasteiger partial charge in [-0.05, 0) is 24.0 Å². The number of anilines is 1. The first-order valence-corrected chi connectivity index (χ1v) is 9.45. The van der Waals surface area contributed by atoms with E-state index in [2.05, 4.69) is 14.9 Å². The summed E-state index contributed by atoms with van der Waals surface area (Å²) in [5.74, 6) is 1.25. The van der Waals surface area contributed by atoms with Gasteiger partial charge in [0.05, 0.1) is 17.0 Å². The Morgan fingerprint density at radius 2 is 2.19 bits per heavy atom. The number of sulfonamides is 1. The fourth-order valence-electron chi connectivity index (χ4n) is 1.42. The van der Waals surface area contributed by atoms with Crippen LogP contribution in [0.5, 0.6) is 5.75 Å². The van der Waals surface area contributed by atoms with Crippen molar-refractivity contribution in [1.29, 1.82) is 0 Å². The van der Waals surface area contributed by atoms with Gasteiger partial charge in [-0.1, -0.05) is 41.6 Å². The van der Waals surface area contributed by atoms with Crippen LogP contribution < -0.4 is 9.46 Å². The molecule has 0 radical (unpaired) electrons. The number of halogens is 1. The van der Waals surface area contributed by atoms with E-state index >= 15 is 0 Å². The van der Waals surface area contributed by atoms with Crippen molar-refractivity contribution in [3.05, 3.63) is 23.2 Å². The summed E-state index contributed by atoms with van der Waals surface area (Å²) in [7, 11) is -2.29. The lowest BCUT2D eigenvalue weighted by atomic mass is 10.3. The quantitative estimate of drug-likeness (QED) is 0.792. The van der Waals surface area contributed by atoms with Crippen LogP contribution in [0.15, 0.2) is 27.4 Å². The highest BCUT2D eigenvalue weighted by molar-refractivity contribution is 8.01. The Morgan fingerprint density at radius 3 is 2.81 bits per heavy atom. The molecule has 1 heterocycles. The molecule has 0 aliphatic heterocycles. The van der Waals surface area contributed by atoms with E-state index in [0.717, 1.165) is 5.75 Å². The molecule has 114 valence electrons. The van der Waals surface area contributed by atoms with Crippen LogP contribution in [-0.2, 0) is 10.0 Å². The number of thioether (sulfide) groups is 1. The summed E-state index contributed by atoms with van der Waals surface area (Å²) in [6, 6.07) is 4.23. The normalized spacial score (nSPS) is 11.4. The van der Waals surface area contributed by atoms with Crippen molar-refractivity contribution in [2.45, 2.75) is 16.2 Å². The minimum absolute atomic E-state index is 0.0354. The van der Waals surface area contributed by atoms with E-state index in [4.69, 9.17) is 16.3 Å². The second-order valence-corrected chi connectivity index (χ2v) is 8.29. The lowest BCUT2D eigenvalue weighted by Crippen LogP contribution is -2.12. The third kappa shape index (κ3) is 4.00. The van der Waals surface area contributed by atoms with Crippen molar-refractivity contribution in [3.63, 3.8) is 0 Å². The molecule has 0 bridgehead atoms. The Labute approximate surface area is 135 Å². The summed E-state index contributed by atoms with van der Waals surface area (Å²) in [6.45, 7) is 1.98. The molecule has 1 aromatic heterocycles. The molecule has 2 rings (SSSR count). The Hall–Kier alpha value is -1.03. The van der Waals surface area contributed by atoms with Gasteiger partial charge in [-0.15, -0.1) is 10.2 Å². The van der Waals surface area contributed by atoms with Crippen LogP contribution in [-0.4, -0.2) is 31.5 Å². The van der Waals surface area contributed by atoms with Crippen molar-refractivity contribution < 1.29 is 13.2 Å². The summed E-state index contributed by atoms with van der Waals surface area (Å²) in [4.78, 5) is 0.0354. The molecule has 0 saturated carbocycles. The predicted molar refractivity (Wildman–Crippen MR) is 85.1 cm³/mol. The largest absolute Gasteiger partial charge is 0.495 e. The molecule has 0 aliphatic rings. The number of rotatable bonds is 6. The minimum atomic E-state index is -3.75. The highest BCUT2D eigenvalue weighted by atomic mass is 35.5. The van der Waals surface area contributed by atoms with Gasteiger partial charge in [0.15, 0.2) is 4.34 Å². The number of benzene rings is 1. The smallest absolute Gasteiger partial charge is 0.263 e. The average molecular weight is 366 g/mol. The van der Waals surface area contributed by atoms with Gasteiger partial charge >= 0.3 is 0 Å². The Kier molecular flexibility index (Phi) is 5.31. The van der Waals surface area contributed by atoms with E-state index in [-0.39, 0.29) is 15.0 Å². The zero-order valence-corrected chi connectivity index (χ0v) is 14.4. The third-order valence-electron chi connectivity index (χ3n) is 2.33. The summed E-state index contributed by atoms with van der Waals surface area (Å²) in [5, 5.41) is 8.13. The predicted octanol–water partition coefficient (Wildman–Crippen LogP) is 3.11. The number of methoxy groups -OCH3 is 1. The van der Waals surface area contributed by atoms with Crippen LogP contribution in [0.3, 0.4) is 0 Å². The highest BCUT2D eigenvalue weighted by Crippen LogP contribution is 2.29. The molecule has 0 saturated heterocycles. The summed E-state index contributed by atoms with van der Waals surface area (Å²) in [6.07, 6.45) is 0. The zero-order chi connectivity index (χ0) is 15.5. The standard InChI is InChI=1S/C11H12ClN3O3S3/c1-3-19-11-14-13-10(20-11)15-21(16,17)7-4-5-9(18-2)8(12)6-7/h4-6H,3H2,1-2H3,(H,13,15). The molecule has 0 unspecified atom stereocenters.